The van der Waals surface area contributed by atoms with Gasteiger partial charge in [0.25, 0.3) is 0 Å². The maximum Gasteiger partial charge on any atom is 0.306 e. The monoisotopic (exact) mass is 265 g/mol. The van der Waals surface area contributed by atoms with Gasteiger partial charge in [0.15, 0.2) is 0 Å². The summed E-state index contributed by atoms with van der Waals surface area (Å²) in [5, 5.41) is 12.7. The normalized spacial score (nSPS) is 21.9. The van der Waals surface area contributed by atoms with E-state index in [0.717, 1.165) is 18.7 Å². The summed E-state index contributed by atoms with van der Waals surface area (Å²) in [6.07, 6.45) is 0.809. The zero-order chi connectivity index (χ0) is 13.1. The van der Waals surface area contributed by atoms with E-state index in [4.69, 9.17) is 5.11 Å². The lowest BCUT2D eigenvalue weighted by molar-refractivity contribution is -0.138. The lowest BCUT2D eigenvalue weighted by Crippen LogP contribution is -2.08. The Kier molecular flexibility index (Phi) is 4.17. The van der Waals surface area contributed by atoms with Crippen LogP contribution in [0.3, 0.4) is 0 Å². The molecule has 1 aliphatic rings. The van der Waals surface area contributed by atoms with Crippen LogP contribution in [0.15, 0.2) is 29.2 Å². The molecule has 1 aromatic carbocycles. The Morgan fingerprint density at radius 1 is 1.44 bits per heavy atom. The first kappa shape index (κ1) is 13.3. The zero-order valence-electron chi connectivity index (χ0n) is 10.7. The molecule has 1 aliphatic carbocycles. The van der Waals surface area contributed by atoms with Crippen LogP contribution < -0.4 is 5.32 Å². The van der Waals surface area contributed by atoms with Gasteiger partial charge in [-0.25, -0.2) is 0 Å². The molecule has 0 heterocycles. The molecule has 0 bridgehead atoms. The van der Waals surface area contributed by atoms with Crippen LogP contribution in [-0.2, 0) is 4.79 Å². The van der Waals surface area contributed by atoms with Gasteiger partial charge in [-0.2, -0.15) is 0 Å². The number of nitrogens with one attached hydrogen (secondary N) is 1. The number of thioether (sulfide) groups is 1. The number of anilines is 1. The first-order chi connectivity index (χ1) is 8.56. The van der Waals surface area contributed by atoms with Crippen molar-refractivity contribution in [2.45, 2.75) is 30.4 Å². The van der Waals surface area contributed by atoms with Crippen LogP contribution in [-0.4, -0.2) is 22.9 Å². The third kappa shape index (κ3) is 3.67. The molecular formula is C14H19NO2S. The molecule has 98 valence electrons. The molecule has 2 rings (SSSR count). The van der Waals surface area contributed by atoms with E-state index in [0.29, 0.717) is 11.2 Å². The zero-order valence-corrected chi connectivity index (χ0v) is 11.5. The van der Waals surface area contributed by atoms with Gasteiger partial charge in [0.05, 0.1) is 5.92 Å². The van der Waals surface area contributed by atoms with Crippen LogP contribution in [0.4, 0.5) is 5.69 Å². The second-order valence-electron chi connectivity index (χ2n) is 5.01. The topological polar surface area (TPSA) is 49.3 Å². The molecule has 0 spiro atoms. The van der Waals surface area contributed by atoms with Crippen molar-refractivity contribution in [3.8, 4) is 0 Å². The van der Waals surface area contributed by atoms with E-state index in [1.54, 1.807) is 0 Å². The SMILES string of the molecule is CC(C)Sc1ccc(NCC2CC2C(=O)O)cc1. The highest BCUT2D eigenvalue weighted by atomic mass is 32.2. The molecule has 4 heteroatoms. The second-order valence-corrected chi connectivity index (χ2v) is 6.66. The van der Waals surface area contributed by atoms with Gasteiger partial charge in [-0.3, -0.25) is 4.79 Å². The number of benzene rings is 1. The predicted octanol–water partition coefficient (Wildman–Crippen LogP) is 3.32. The average molecular weight is 265 g/mol. The van der Waals surface area contributed by atoms with Gasteiger partial charge < -0.3 is 10.4 Å². The standard InChI is InChI=1S/C14H19NO2S/c1-9(2)18-12-5-3-11(4-6-12)15-8-10-7-13(10)14(16)17/h3-6,9-10,13,15H,7-8H2,1-2H3,(H,16,17). The lowest BCUT2D eigenvalue weighted by Gasteiger charge is -2.08. The van der Waals surface area contributed by atoms with Gasteiger partial charge >= 0.3 is 5.97 Å². The van der Waals surface area contributed by atoms with E-state index in [1.165, 1.54) is 4.90 Å². The van der Waals surface area contributed by atoms with Crippen molar-refractivity contribution in [1.29, 1.82) is 0 Å². The number of hydrogen-bond acceptors (Lipinski definition) is 3. The quantitative estimate of drug-likeness (QED) is 0.775. The Hall–Kier alpha value is -1.16. The summed E-state index contributed by atoms with van der Waals surface area (Å²) < 4.78 is 0. The lowest BCUT2D eigenvalue weighted by atomic mass is 10.3. The van der Waals surface area contributed by atoms with Crippen molar-refractivity contribution < 1.29 is 9.90 Å². The molecule has 18 heavy (non-hydrogen) atoms. The highest BCUT2D eigenvalue weighted by molar-refractivity contribution is 7.99. The summed E-state index contributed by atoms with van der Waals surface area (Å²) in [6, 6.07) is 8.33. The number of hydrogen-bond donors (Lipinski definition) is 2. The first-order valence-electron chi connectivity index (χ1n) is 6.29. The van der Waals surface area contributed by atoms with Crippen LogP contribution in [0.1, 0.15) is 20.3 Å². The number of carbonyl (C=O) groups is 1. The second kappa shape index (κ2) is 5.65. The minimum absolute atomic E-state index is 0.131. The molecule has 2 N–H and O–H groups in total. The van der Waals surface area contributed by atoms with Crippen molar-refractivity contribution in [3.05, 3.63) is 24.3 Å². The molecule has 0 aliphatic heterocycles. The predicted molar refractivity (Wildman–Crippen MR) is 75.2 cm³/mol. The number of aliphatic carboxylic acids is 1. The molecule has 3 nitrogen and oxygen atoms in total. The Bertz CT molecular complexity index is 416. The summed E-state index contributed by atoms with van der Waals surface area (Å²) in [5.41, 5.74) is 1.07. The molecule has 1 fully saturated rings. The number of rotatable bonds is 6. The van der Waals surface area contributed by atoms with E-state index in [2.05, 4.69) is 43.4 Å². The van der Waals surface area contributed by atoms with Gasteiger partial charge in [-0.1, -0.05) is 13.8 Å². The van der Waals surface area contributed by atoms with Crippen LogP contribution in [0.25, 0.3) is 0 Å². The third-order valence-corrected chi connectivity index (χ3v) is 4.05. The fraction of sp³-hybridized carbons (Fsp3) is 0.500. The molecule has 0 amide bonds. The van der Waals surface area contributed by atoms with E-state index in [-0.39, 0.29) is 5.92 Å². The maximum atomic E-state index is 10.7. The molecular weight excluding hydrogens is 246 g/mol. The Labute approximate surface area is 112 Å². The maximum absolute atomic E-state index is 10.7. The van der Waals surface area contributed by atoms with Gasteiger partial charge in [0.1, 0.15) is 0 Å². The van der Waals surface area contributed by atoms with E-state index in [9.17, 15) is 4.79 Å². The fourth-order valence-corrected chi connectivity index (χ4v) is 2.79. The van der Waals surface area contributed by atoms with Gasteiger partial charge in [-0.05, 0) is 36.6 Å². The first-order valence-corrected chi connectivity index (χ1v) is 7.17. The minimum atomic E-state index is -0.662. The summed E-state index contributed by atoms with van der Waals surface area (Å²) in [6.45, 7) is 5.11. The van der Waals surface area contributed by atoms with Crippen LogP contribution in [0.5, 0.6) is 0 Å². The molecule has 0 saturated heterocycles. The van der Waals surface area contributed by atoms with Crippen LogP contribution in [0.2, 0.25) is 0 Å². The molecule has 2 atom stereocenters. The molecule has 0 radical (unpaired) electrons. The van der Waals surface area contributed by atoms with Crippen molar-refractivity contribution in [2.75, 3.05) is 11.9 Å². The van der Waals surface area contributed by atoms with Crippen LogP contribution >= 0.6 is 11.8 Å². The van der Waals surface area contributed by atoms with Gasteiger partial charge in [0.2, 0.25) is 0 Å². The summed E-state index contributed by atoms with van der Waals surface area (Å²) in [4.78, 5) is 12.0. The largest absolute Gasteiger partial charge is 0.481 e. The highest BCUT2D eigenvalue weighted by Crippen LogP contribution is 2.38. The fourth-order valence-electron chi connectivity index (χ4n) is 1.95. The molecule has 1 aromatic rings. The Morgan fingerprint density at radius 2 is 2.11 bits per heavy atom. The van der Waals surface area contributed by atoms with Crippen molar-refractivity contribution in [1.82, 2.24) is 0 Å². The summed E-state index contributed by atoms with van der Waals surface area (Å²) >= 11 is 1.84. The third-order valence-electron chi connectivity index (χ3n) is 3.03. The van der Waals surface area contributed by atoms with Gasteiger partial charge in [0, 0.05) is 22.4 Å². The van der Waals surface area contributed by atoms with E-state index in [1.807, 2.05) is 11.8 Å². The molecule has 1 saturated carbocycles. The molecule has 2 unspecified atom stereocenters. The van der Waals surface area contributed by atoms with Crippen LogP contribution in [0, 0.1) is 11.8 Å². The minimum Gasteiger partial charge on any atom is -0.481 e. The smallest absolute Gasteiger partial charge is 0.306 e. The summed E-state index contributed by atoms with van der Waals surface area (Å²) in [7, 11) is 0. The van der Waals surface area contributed by atoms with Gasteiger partial charge in [-0.15, -0.1) is 11.8 Å². The van der Waals surface area contributed by atoms with E-state index < -0.39 is 5.97 Å². The van der Waals surface area contributed by atoms with Crippen molar-refractivity contribution >= 4 is 23.4 Å². The van der Waals surface area contributed by atoms with Crippen molar-refractivity contribution in [3.63, 3.8) is 0 Å². The Balaban J connectivity index is 1.79. The summed E-state index contributed by atoms with van der Waals surface area (Å²) in [5.74, 6) is -0.494. The number of carboxylic acids is 1. The Morgan fingerprint density at radius 3 is 2.61 bits per heavy atom. The van der Waals surface area contributed by atoms with Crippen molar-refractivity contribution in [2.24, 2.45) is 11.8 Å². The molecule has 0 aromatic heterocycles. The average Bonchev–Trinajstić information content (AvgIpc) is 3.07. The highest BCUT2D eigenvalue weighted by Gasteiger charge is 2.42. The van der Waals surface area contributed by atoms with E-state index >= 15 is 0 Å². The number of carboxylic acid groups (broad SMARTS) is 1.